The highest BCUT2D eigenvalue weighted by atomic mass is 16.3. The quantitative estimate of drug-likeness (QED) is 0.179. The minimum atomic E-state index is 0.332. The molecule has 0 heterocycles. The summed E-state index contributed by atoms with van der Waals surface area (Å²) in [6.07, 6.45) is 25.1. The monoisotopic (exact) mass is 370 g/mol. The number of unbranched alkanes of at least 4 members (excludes halogenated alkanes) is 15. The predicted octanol–water partition coefficient (Wildman–Crippen LogP) is 7.10. The number of aliphatic hydroxyl groups is 1. The van der Waals surface area contributed by atoms with Crippen LogP contribution in [0.3, 0.4) is 0 Å². The van der Waals surface area contributed by atoms with Crippen molar-refractivity contribution in [3.8, 4) is 0 Å². The fraction of sp³-hybridized carbons (Fsp3) is 1.00. The minimum absolute atomic E-state index is 0.332. The van der Waals surface area contributed by atoms with E-state index in [1.165, 1.54) is 109 Å². The summed E-state index contributed by atoms with van der Waals surface area (Å²) in [4.78, 5) is 0. The summed E-state index contributed by atoms with van der Waals surface area (Å²) in [5.74, 6) is 0. The number of quaternary nitrogens is 1. The molecule has 0 fully saturated rings. The Hall–Kier alpha value is -0.0800. The Morgan fingerprint density at radius 2 is 0.885 bits per heavy atom. The highest BCUT2D eigenvalue weighted by Crippen LogP contribution is 2.17. The van der Waals surface area contributed by atoms with Crippen LogP contribution >= 0.6 is 0 Å². The maximum Gasteiger partial charge on any atom is 0.0906 e. The lowest BCUT2D eigenvalue weighted by molar-refractivity contribution is -0.896. The van der Waals surface area contributed by atoms with E-state index < -0.39 is 0 Å². The van der Waals surface area contributed by atoms with Crippen molar-refractivity contribution in [1.82, 2.24) is 0 Å². The summed E-state index contributed by atoms with van der Waals surface area (Å²) >= 11 is 0. The van der Waals surface area contributed by atoms with E-state index in [-0.39, 0.29) is 0 Å². The first-order chi connectivity index (χ1) is 12.5. The van der Waals surface area contributed by atoms with E-state index in [4.69, 9.17) is 0 Å². The maximum absolute atomic E-state index is 9.22. The second-order valence-electron chi connectivity index (χ2n) is 9.37. The Labute approximate surface area is 166 Å². The topological polar surface area (TPSA) is 20.2 Å². The fourth-order valence-electron chi connectivity index (χ4n) is 4.00. The summed E-state index contributed by atoms with van der Waals surface area (Å²) in [7, 11) is 6.77. The van der Waals surface area contributed by atoms with Crippen molar-refractivity contribution in [2.75, 3.05) is 27.7 Å². The van der Waals surface area contributed by atoms with Gasteiger partial charge in [-0.3, -0.25) is 0 Å². The molecule has 158 valence electrons. The number of hydrogen-bond donors (Lipinski definition) is 1. The standard InChI is InChI=1S/C24H52NO/c1-5-6-7-8-9-10-11-12-13-14-15-16-17-18-19-20-21-24(22-23-26)25(2,3)4/h24,26H,5-23H2,1-4H3/q+1. The van der Waals surface area contributed by atoms with Crippen molar-refractivity contribution < 1.29 is 9.59 Å². The molecular weight excluding hydrogens is 318 g/mol. The lowest BCUT2D eigenvalue weighted by Crippen LogP contribution is -2.45. The van der Waals surface area contributed by atoms with E-state index >= 15 is 0 Å². The molecular formula is C24H52NO+. The molecule has 0 saturated heterocycles. The Morgan fingerprint density at radius 1 is 0.538 bits per heavy atom. The van der Waals surface area contributed by atoms with Crippen LogP contribution in [0.5, 0.6) is 0 Å². The molecule has 1 atom stereocenters. The molecule has 0 aliphatic heterocycles. The van der Waals surface area contributed by atoms with E-state index in [1.54, 1.807) is 0 Å². The highest BCUT2D eigenvalue weighted by Gasteiger charge is 2.22. The lowest BCUT2D eigenvalue weighted by Gasteiger charge is -2.34. The first-order valence-corrected chi connectivity index (χ1v) is 11.9. The van der Waals surface area contributed by atoms with Gasteiger partial charge < -0.3 is 9.59 Å². The Kier molecular flexibility index (Phi) is 18.2. The Morgan fingerprint density at radius 3 is 1.19 bits per heavy atom. The van der Waals surface area contributed by atoms with Crippen LogP contribution in [-0.2, 0) is 0 Å². The second-order valence-corrected chi connectivity index (χ2v) is 9.37. The first-order valence-electron chi connectivity index (χ1n) is 11.9. The summed E-state index contributed by atoms with van der Waals surface area (Å²) in [6.45, 7) is 2.63. The molecule has 0 aliphatic rings. The van der Waals surface area contributed by atoms with Crippen LogP contribution in [0.4, 0.5) is 0 Å². The Balaban J connectivity index is 3.26. The largest absolute Gasteiger partial charge is 0.396 e. The lowest BCUT2D eigenvalue weighted by atomic mass is 10.0. The van der Waals surface area contributed by atoms with Crippen LogP contribution in [0.15, 0.2) is 0 Å². The van der Waals surface area contributed by atoms with Gasteiger partial charge in [-0.2, -0.15) is 0 Å². The van der Waals surface area contributed by atoms with Crippen LogP contribution in [0.1, 0.15) is 122 Å². The van der Waals surface area contributed by atoms with Crippen molar-refractivity contribution in [3.05, 3.63) is 0 Å². The molecule has 0 aromatic rings. The molecule has 2 heteroatoms. The van der Waals surface area contributed by atoms with Gasteiger partial charge in [-0.15, -0.1) is 0 Å². The molecule has 0 radical (unpaired) electrons. The van der Waals surface area contributed by atoms with E-state index in [0.717, 1.165) is 10.9 Å². The van der Waals surface area contributed by atoms with Gasteiger partial charge in [-0.1, -0.05) is 103 Å². The van der Waals surface area contributed by atoms with Crippen molar-refractivity contribution in [2.24, 2.45) is 0 Å². The summed E-state index contributed by atoms with van der Waals surface area (Å²) in [5, 5.41) is 9.22. The van der Waals surface area contributed by atoms with Gasteiger partial charge in [-0.25, -0.2) is 0 Å². The number of nitrogens with zero attached hydrogens (tertiary/aromatic N) is 1. The fourth-order valence-corrected chi connectivity index (χ4v) is 4.00. The van der Waals surface area contributed by atoms with Crippen LogP contribution in [0, 0.1) is 0 Å². The maximum atomic E-state index is 9.22. The number of rotatable bonds is 20. The average molecular weight is 371 g/mol. The zero-order valence-corrected chi connectivity index (χ0v) is 18.9. The third kappa shape index (κ3) is 17.3. The first kappa shape index (κ1) is 25.9. The van der Waals surface area contributed by atoms with Gasteiger partial charge in [-0.05, 0) is 12.8 Å². The van der Waals surface area contributed by atoms with Gasteiger partial charge in [0.1, 0.15) is 0 Å². The molecule has 0 aliphatic carbocycles. The van der Waals surface area contributed by atoms with Crippen molar-refractivity contribution >= 4 is 0 Å². The molecule has 26 heavy (non-hydrogen) atoms. The highest BCUT2D eigenvalue weighted by molar-refractivity contribution is 4.58. The zero-order chi connectivity index (χ0) is 19.5. The molecule has 0 aromatic carbocycles. The molecule has 0 aromatic heterocycles. The summed E-state index contributed by atoms with van der Waals surface area (Å²) in [5.41, 5.74) is 0. The van der Waals surface area contributed by atoms with E-state index in [0.29, 0.717) is 12.6 Å². The van der Waals surface area contributed by atoms with Gasteiger partial charge in [0.15, 0.2) is 0 Å². The smallest absolute Gasteiger partial charge is 0.0906 e. The summed E-state index contributed by atoms with van der Waals surface area (Å²) in [6, 6.07) is 0.617. The van der Waals surface area contributed by atoms with Crippen molar-refractivity contribution in [1.29, 1.82) is 0 Å². The number of aliphatic hydroxyl groups excluding tert-OH is 1. The Bertz CT molecular complexity index is 272. The number of hydrogen-bond acceptors (Lipinski definition) is 1. The average Bonchev–Trinajstić information content (AvgIpc) is 2.59. The zero-order valence-electron chi connectivity index (χ0n) is 18.9. The third-order valence-electron chi connectivity index (χ3n) is 5.95. The SMILES string of the molecule is CCCCCCCCCCCCCCCCCCC(CCO)[N+](C)(C)C. The van der Waals surface area contributed by atoms with Gasteiger partial charge in [0.25, 0.3) is 0 Å². The van der Waals surface area contributed by atoms with Crippen LogP contribution in [0.25, 0.3) is 0 Å². The minimum Gasteiger partial charge on any atom is -0.396 e. The molecule has 0 amide bonds. The second kappa shape index (κ2) is 18.3. The van der Waals surface area contributed by atoms with Crippen LogP contribution in [0.2, 0.25) is 0 Å². The van der Waals surface area contributed by atoms with E-state index in [1.807, 2.05) is 0 Å². The summed E-state index contributed by atoms with van der Waals surface area (Å²) < 4.78 is 0.985. The molecule has 0 saturated carbocycles. The molecule has 0 spiro atoms. The molecule has 2 nitrogen and oxygen atoms in total. The molecule has 1 N–H and O–H groups in total. The normalized spacial score (nSPS) is 13.3. The van der Waals surface area contributed by atoms with Gasteiger partial charge in [0, 0.05) is 13.0 Å². The van der Waals surface area contributed by atoms with Gasteiger partial charge in [0.2, 0.25) is 0 Å². The molecule has 0 bridgehead atoms. The van der Waals surface area contributed by atoms with Gasteiger partial charge in [0.05, 0.1) is 27.2 Å². The predicted molar refractivity (Wildman–Crippen MR) is 118 cm³/mol. The third-order valence-corrected chi connectivity index (χ3v) is 5.95. The van der Waals surface area contributed by atoms with Crippen molar-refractivity contribution in [2.45, 2.75) is 129 Å². The van der Waals surface area contributed by atoms with Gasteiger partial charge >= 0.3 is 0 Å². The molecule has 1 unspecified atom stereocenters. The van der Waals surface area contributed by atoms with E-state index in [9.17, 15) is 5.11 Å². The van der Waals surface area contributed by atoms with Crippen LogP contribution < -0.4 is 0 Å². The van der Waals surface area contributed by atoms with Crippen LogP contribution in [-0.4, -0.2) is 43.4 Å². The van der Waals surface area contributed by atoms with E-state index in [2.05, 4.69) is 28.1 Å². The van der Waals surface area contributed by atoms with Crippen molar-refractivity contribution in [3.63, 3.8) is 0 Å². The molecule has 0 rings (SSSR count).